The Kier molecular flexibility index (Phi) is 5.08. The summed E-state index contributed by atoms with van der Waals surface area (Å²) < 4.78 is 10.7. The maximum absolute atomic E-state index is 13.2. The quantitative estimate of drug-likeness (QED) is 0.647. The predicted molar refractivity (Wildman–Crippen MR) is 96.4 cm³/mol. The molecule has 3 heterocycles. The van der Waals surface area contributed by atoms with E-state index >= 15 is 0 Å². The van der Waals surface area contributed by atoms with Crippen LogP contribution in [-0.4, -0.2) is 16.0 Å². The van der Waals surface area contributed by atoms with E-state index in [1.54, 1.807) is 17.6 Å². The molecule has 1 atom stereocenters. The van der Waals surface area contributed by atoms with Crippen molar-refractivity contribution in [3.8, 4) is 0 Å². The molecule has 25 heavy (non-hydrogen) atoms. The molecule has 3 aromatic rings. The fourth-order valence-corrected chi connectivity index (χ4v) is 3.97. The standard InChI is InChI=1S/C19H22N2O3S/c1-12-7-8-17(25-12)11-21(10-16-6-5-9-23-16)19(22)13(2)18-14(3)20-24-15(18)4/h5-9,13H,10-11H2,1-4H3. The summed E-state index contributed by atoms with van der Waals surface area (Å²) >= 11 is 1.71. The number of carbonyl (C=O) groups excluding carboxylic acids is 1. The summed E-state index contributed by atoms with van der Waals surface area (Å²) in [5.41, 5.74) is 1.64. The minimum absolute atomic E-state index is 0.0388. The van der Waals surface area contributed by atoms with Crippen LogP contribution >= 0.6 is 11.3 Å². The number of rotatable bonds is 6. The Bertz CT molecular complexity index is 829. The van der Waals surface area contributed by atoms with E-state index in [9.17, 15) is 4.79 Å². The van der Waals surface area contributed by atoms with Crippen molar-refractivity contribution in [2.45, 2.75) is 46.7 Å². The number of thiophene rings is 1. The van der Waals surface area contributed by atoms with Crippen molar-refractivity contribution in [3.05, 3.63) is 63.1 Å². The molecule has 1 amide bonds. The molecule has 0 spiro atoms. The molecule has 0 N–H and O–H groups in total. The summed E-state index contributed by atoms with van der Waals surface area (Å²) in [6.45, 7) is 8.69. The number of furan rings is 1. The summed E-state index contributed by atoms with van der Waals surface area (Å²) in [5.74, 6) is 1.19. The van der Waals surface area contributed by atoms with Gasteiger partial charge in [-0.15, -0.1) is 11.3 Å². The van der Waals surface area contributed by atoms with E-state index in [1.807, 2.05) is 37.8 Å². The lowest BCUT2D eigenvalue weighted by Crippen LogP contribution is -2.33. The SMILES string of the molecule is Cc1ccc(CN(Cc2ccco2)C(=O)C(C)c2c(C)noc2C)s1. The van der Waals surface area contributed by atoms with E-state index in [4.69, 9.17) is 8.94 Å². The Morgan fingerprint density at radius 2 is 2.04 bits per heavy atom. The molecule has 0 aliphatic rings. The van der Waals surface area contributed by atoms with Crippen LogP contribution in [0.3, 0.4) is 0 Å². The van der Waals surface area contributed by atoms with Crippen LogP contribution in [0.1, 0.15) is 45.4 Å². The van der Waals surface area contributed by atoms with Crippen LogP contribution in [0.15, 0.2) is 39.5 Å². The zero-order valence-corrected chi connectivity index (χ0v) is 15.7. The van der Waals surface area contributed by atoms with Gasteiger partial charge in [0, 0.05) is 15.3 Å². The minimum atomic E-state index is -0.317. The molecule has 1 unspecified atom stereocenters. The van der Waals surface area contributed by atoms with Crippen molar-refractivity contribution >= 4 is 17.2 Å². The van der Waals surface area contributed by atoms with Gasteiger partial charge in [0.15, 0.2) is 0 Å². The molecule has 3 rings (SSSR count). The number of carbonyl (C=O) groups is 1. The fourth-order valence-electron chi connectivity index (χ4n) is 3.07. The molecule has 5 nitrogen and oxygen atoms in total. The van der Waals surface area contributed by atoms with Crippen molar-refractivity contribution in [3.63, 3.8) is 0 Å². The molecular weight excluding hydrogens is 336 g/mol. The predicted octanol–water partition coefficient (Wildman–Crippen LogP) is 4.59. The highest BCUT2D eigenvalue weighted by Crippen LogP contribution is 2.27. The van der Waals surface area contributed by atoms with Crippen molar-refractivity contribution in [2.75, 3.05) is 0 Å². The number of hydrogen-bond acceptors (Lipinski definition) is 5. The van der Waals surface area contributed by atoms with Crippen LogP contribution in [-0.2, 0) is 17.9 Å². The zero-order valence-electron chi connectivity index (χ0n) is 14.9. The van der Waals surface area contributed by atoms with Gasteiger partial charge in [0.1, 0.15) is 11.5 Å². The smallest absolute Gasteiger partial charge is 0.230 e. The Hall–Kier alpha value is -2.34. The van der Waals surface area contributed by atoms with Gasteiger partial charge in [-0.25, -0.2) is 0 Å². The third kappa shape index (κ3) is 3.85. The van der Waals surface area contributed by atoms with Crippen molar-refractivity contribution < 1.29 is 13.7 Å². The van der Waals surface area contributed by atoms with E-state index < -0.39 is 0 Å². The average molecular weight is 358 g/mol. The highest BCUT2D eigenvalue weighted by atomic mass is 32.1. The topological polar surface area (TPSA) is 59.5 Å². The molecule has 6 heteroatoms. The van der Waals surface area contributed by atoms with Crippen LogP contribution in [0.4, 0.5) is 0 Å². The maximum Gasteiger partial charge on any atom is 0.230 e. The second kappa shape index (κ2) is 7.27. The summed E-state index contributed by atoms with van der Waals surface area (Å²) in [6, 6.07) is 7.88. The molecule has 132 valence electrons. The second-order valence-electron chi connectivity index (χ2n) is 6.25. The van der Waals surface area contributed by atoms with E-state index in [2.05, 4.69) is 24.2 Å². The first-order valence-corrected chi connectivity index (χ1v) is 9.06. The van der Waals surface area contributed by atoms with E-state index in [0.717, 1.165) is 21.9 Å². The Morgan fingerprint density at radius 3 is 2.60 bits per heavy atom. The third-order valence-electron chi connectivity index (χ3n) is 4.27. The summed E-state index contributed by atoms with van der Waals surface area (Å²) in [5, 5.41) is 3.98. The number of hydrogen-bond donors (Lipinski definition) is 0. The monoisotopic (exact) mass is 358 g/mol. The lowest BCUT2D eigenvalue weighted by atomic mass is 9.98. The van der Waals surface area contributed by atoms with Crippen LogP contribution in [0, 0.1) is 20.8 Å². The molecule has 0 radical (unpaired) electrons. The zero-order chi connectivity index (χ0) is 18.0. The van der Waals surface area contributed by atoms with Gasteiger partial charge in [-0.2, -0.15) is 0 Å². The van der Waals surface area contributed by atoms with Crippen molar-refractivity contribution in [1.82, 2.24) is 10.1 Å². The highest BCUT2D eigenvalue weighted by molar-refractivity contribution is 7.11. The number of amides is 1. The summed E-state index contributed by atoms with van der Waals surface area (Å²) in [4.78, 5) is 17.4. The molecule has 3 aromatic heterocycles. The van der Waals surface area contributed by atoms with Crippen LogP contribution < -0.4 is 0 Å². The summed E-state index contributed by atoms with van der Waals surface area (Å²) in [7, 11) is 0. The lowest BCUT2D eigenvalue weighted by molar-refractivity contribution is -0.134. The Labute approximate surface area is 151 Å². The third-order valence-corrected chi connectivity index (χ3v) is 5.26. The number of nitrogens with zero attached hydrogens (tertiary/aromatic N) is 2. The lowest BCUT2D eigenvalue weighted by Gasteiger charge is -2.24. The van der Waals surface area contributed by atoms with Gasteiger partial charge in [-0.3, -0.25) is 4.79 Å². The molecule has 0 aliphatic carbocycles. The first-order chi connectivity index (χ1) is 12.0. The first-order valence-electron chi connectivity index (χ1n) is 8.25. The Morgan fingerprint density at radius 1 is 1.24 bits per heavy atom. The van der Waals surface area contributed by atoms with E-state index in [0.29, 0.717) is 18.8 Å². The van der Waals surface area contributed by atoms with Gasteiger partial charge < -0.3 is 13.8 Å². The van der Waals surface area contributed by atoms with E-state index in [-0.39, 0.29) is 11.8 Å². The molecule has 0 fully saturated rings. The molecule has 0 saturated carbocycles. The summed E-state index contributed by atoms with van der Waals surface area (Å²) in [6.07, 6.45) is 1.63. The molecule has 0 aliphatic heterocycles. The molecule has 0 aromatic carbocycles. The fraction of sp³-hybridized carbons (Fsp3) is 0.368. The Balaban J connectivity index is 1.85. The highest BCUT2D eigenvalue weighted by Gasteiger charge is 2.28. The molecule has 0 saturated heterocycles. The molecule has 0 bridgehead atoms. The van der Waals surface area contributed by atoms with Crippen LogP contribution in [0.5, 0.6) is 0 Å². The normalized spacial score (nSPS) is 12.3. The average Bonchev–Trinajstić information content (AvgIpc) is 3.29. The van der Waals surface area contributed by atoms with Crippen molar-refractivity contribution in [1.29, 1.82) is 0 Å². The van der Waals surface area contributed by atoms with Gasteiger partial charge in [0.2, 0.25) is 5.91 Å². The maximum atomic E-state index is 13.2. The van der Waals surface area contributed by atoms with E-state index in [1.165, 1.54) is 4.88 Å². The molecular formula is C19H22N2O3S. The van der Waals surface area contributed by atoms with Gasteiger partial charge in [-0.05, 0) is 52.0 Å². The first kappa shape index (κ1) is 17.5. The number of aromatic nitrogens is 1. The second-order valence-corrected chi connectivity index (χ2v) is 7.62. The van der Waals surface area contributed by atoms with Gasteiger partial charge in [0.25, 0.3) is 0 Å². The minimum Gasteiger partial charge on any atom is -0.467 e. The van der Waals surface area contributed by atoms with Crippen molar-refractivity contribution in [2.24, 2.45) is 0 Å². The van der Waals surface area contributed by atoms with Gasteiger partial charge in [0.05, 0.1) is 31.0 Å². The van der Waals surface area contributed by atoms with Gasteiger partial charge in [-0.1, -0.05) is 5.16 Å². The van der Waals surface area contributed by atoms with Gasteiger partial charge >= 0.3 is 0 Å². The van der Waals surface area contributed by atoms with Crippen LogP contribution in [0.2, 0.25) is 0 Å². The number of aryl methyl sites for hydroxylation is 3. The van der Waals surface area contributed by atoms with Crippen LogP contribution in [0.25, 0.3) is 0 Å². The largest absolute Gasteiger partial charge is 0.467 e.